The second-order valence-corrected chi connectivity index (χ2v) is 9.29. The summed E-state index contributed by atoms with van der Waals surface area (Å²) in [5, 5.41) is 5.80. The summed E-state index contributed by atoms with van der Waals surface area (Å²) in [6.07, 6.45) is 2.52. The van der Waals surface area contributed by atoms with Crippen molar-refractivity contribution in [1.82, 2.24) is 10.1 Å². The van der Waals surface area contributed by atoms with Crippen molar-refractivity contribution in [2.45, 2.75) is 44.4 Å². The molecule has 0 fully saturated rings. The molecular formula is C24H26ClN4O3S+. The minimum atomic E-state index is -0.738. The van der Waals surface area contributed by atoms with Crippen molar-refractivity contribution < 1.29 is 14.2 Å². The Kier molecular flexibility index (Phi) is 7.05. The molecule has 0 radical (unpaired) electrons. The second-order valence-electron chi connectivity index (χ2n) is 7.77. The van der Waals surface area contributed by atoms with Gasteiger partial charge in [0.1, 0.15) is 5.75 Å². The first-order valence-electron chi connectivity index (χ1n) is 10.9. The van der Waals surface area contributed by atoms with Gasteiger partial charge in [-0.15, -0.1) is 0 Å². The van der Waals surface area contributed by atoms with Crippen LogP contribution in [0.4, 0.5) is 5.69 Å². The number of thioether (sulfide) groups is 1. The van der Waals surface area contributed by atoms with E-state index in [1.165, 1.54) is 18.7 Å². The quantitative estimate of drug-likeness (QED) is 0.301. The average molecular weight is 486 g/mol. The van der Waals surface area contributed by atoms with Gasteiger partial charge in [-0.3, -0.25) is 14.6 Å². The standard InChI is InChI=1S/C24H25ClN4O3S/c1-4-5-8-13-33-24-26-22(31)21-17-9-6-7-10-19(17)28(15(2)30)23(29(21)27-24)18-14-16(25)11-12-20(18)32-3/h6-7,9-12,14,23H,4-5,8,13H2,1-3H3/p+1/t23-/m0/s1. The average Bonchev–Trinajstić information content (AvgIpc) is 2.80. The van der Waals surface area contributed by atoms with Crippen LogP contribution in [0, 0.1) is 0 Å². The van der Waals surface area contributed by atoms with Crippen molar-refractivity contribution in [1.29, 1.82) is 0 Å². The highest BCUT2D eigenvalue weighted by Crippen LogP contribution is 2.40. The van der Waals surface area contributed by atoms with Gasteiger partial charge in [-0.05, 0) is 41.4 Å². The molecule has 1 aliphatic heterocycles. The van der Waals surface area contributed by atoms with Crippen LogP contribution in [0.2, 0.25) is 5.02 Å². The number of amides is 1. The predicted molar refractivity (Wildman–Crippen MR) is 130 cm³/mol. The monoisotopic (exact) mass is 485 g/mol. The fraction of sp³-hybridized carbons (Fsp3) is 0.333. The highest BCUT2D eigenvalue weighted by Gasteiger charge is 2.46. The zero-order valence-electron chi connectivity index (χ0n) is 18.8. The Labute approximate surface area is 201 Å². The number of halogens is 1. The Hall–Kier alpha value is -2.84. The second kappa shape index (κ2) is 9.97. The van der Waals surface area contributed by atoms with Gasteiger partial charge in [0.05, 0.1) is 23.9 Å². The molecule has 2 heterocycles. The number of ether oxygens (including phenoxy) is 1. The van der Waals surface area contributed by atoms with Crippen LogP contribution in [0.1, 0.15) is 44.8 Å². The maximum Gasteiger partial charge on any atom is 0.325 e. The largest absolute Gasteiger partial charge is 0.496 e. The van der Waals surface area contributed by atoms with E-state index in [0.717, 1.165) is 25.0 Å². The zero-order valence-corrected chi connectivity index (χ0v) is 20.4. The number of aromatic amines is 1. The van der Waals surface area contributed by atoms with Crippen LogP contribution >= 0.6 is 23.4 Å². The lowest BCUT2D eigenvalue weighted by molar-refractivity contribution is -0.763. The normalized spacial score (nSPS) is 14.5. The number of rotatable bonds is 7. The number of hydrogen-bond donors (Lipinski definition) is 1. The van der Waals surface area contributed by atoms with Gasteiger partial charge >= 0.3 is 11.3 Å². The van der Waals surface area contributed by atoms with Crippen molar-refractivity contribution in [2.75, 3.05) is 17.8 Å². The number of methoxy groups -OCH3 is 1. The number of carbonyl (C=O) groups excluding carboxylic acids is 1. The number of fused-ring (bicyclic) bond motifs is 3. The molecule has 9 heteroatoms. The molecule has 0 bridgehead atoms. The third-order valence-corrected chi connectivity index (χ3v) is 6.74. The number of carbonyl (C=O) groups is 1. The van der Waals surface area contributed by atoms with E-state index < -0.39 is 6.17 Å². The van der Waals surface area contributed by atoms with Gasteiger partial charge in [0.15, 0.2) is 0 Å². The number of nitrogens with zero attached hydrogens (tertiary/aromatic N) is 3. The van der Waals surface area contributed by atoms with Crippen LogP contribution < -0.4 is 19.9 Å². The summed E-state index contributed by atoms with van der Waals surface area (Å²) in [6, 6.07) is 12.6. The Morgan fingerprint density at radius 2 is 2.06 bits per heavy atom. The van der Waals surface area contributed by atoms with Crippen molar-refractivity contribution in [3.8, 4) is 17.0 Å². The van der Waals surface area contributed by atoms with E-state index in [1.807, 2.05) is 24.3 Å². The Morgan fingerprint density at radius 3 is 2.79 bits per heavy atom. The number of benzene rings is 2. The van der Waals surface area contributed by atoms with Crippen LogP contribution in [0.25, 0.3) is 11.3 Å². The highest BCUT2D eigenvalue weighted by molar-refractivity contribution is 7.99. The number of H-pyrrole nitrogens is 1. The number of nitrogens with one attached hydrogen (secondary N) is 1. The van der Waals surface area contributed by atoms with E-state index in [4.69, 9.17) is 21.4 Å². The SMILES string of the molecule is CCCCCSc1n[n+]2c(c(=O)[nH]1)-c1ccccc1N(C(C)=O)[C@@H]2c1cc(Cl)ccc1OC. The van der Waals surface area contributed by atoms with Gasteiger partial charge in [0.25, 0.3) is 6.17 Å². The number of hydrogen-bond acceptors (Lipinski definition) is 5. The molecule has 1 N–H and O–H groups in total. The smallest absolute Gasteiger partial charge is 0.325 e. The third-order valence-electron chi connectivity index (χ3n) is 5.55. The van der Waals surface area contributed by atoms with Gasteiger partial charge in [-0.25, -0.2) is 4.90 Å². The van der Waals surface area contributed by atoms with E-state index in [0.29, 0.717) is 38.4 Å². The van der Waals surface area contributed by atoms with Gasteiger partial charge < -0.3 is 4.74 Å². The molecule has 1 aliphatic rings. The first kappa shape index (κ1) is 23.3. The summed E-state index contributed by atoms with van der Waals surface area (Å²) in [6.45, 7) is 3.65. The predicted octanol–water partition coefficient (Wildman–Crippen LogP) is 4.58. The molecule has 3 aromatic rings. The van der Waals surface area contributed by atoms with Crippen LogP contribution in [-0.2, 0) is 4.79 Å². The van der Waals surface area contributed by atoms with E-state index in [1.54, 1.807) is 34.9 Å². The highest BCUT2D eigenvalue weighted by atomic mass is 35.5. The molecule has 1 aromatic heterocycles. The summed E-state index contributed by atoms with van der Waals surface area (Å²) >= 11 is 7.85. The summed E-state index contributed by atoms with van der Waals surface area (Å²) < 4.78 is 7.23. The van der Waals surface area contributed by atoms with Crippen molar-refractivity contribution in [3.05, 3.63) is 63.4 Å². The number of aromatic nitrogens is 3. The molecular weight excluding hydrogens is 460 g/mol. The van der Waals surface area contributed by atoms with E-state index in [-0.39, 0.29) is 11.5 Å². The summed E-state index contributed by atoms with van der Waals surface area (Å²) in [7, 11) is 1.56. The molecule has 0 unspecified atom stereocenters. The van der Waals surface area contributed by atoms with Crippen molar-refractivity contribution in [2.24, 2.45) is 0 Å². The molecule has 0 saturated carbocycles. The molecule has 33 heavy (non-hydrogen) atoms. The minimum Gasteiger partial charge on any atom is -0.496 e. The molecule has 7 nitrogen and oxygen atoms in total. The fourth-order valence-corrected chi connectivity index (χ4v) is 5.12. The lowest BCUT2D eigenvalue weighted by atomic mass is 10.0. The summed E-state index contributed by atoms with van der Waals surface area (Å²) in [4.78, 5) is 30.9. The Morgan fingerprint density at radius 1 is 1.27 bits per heavy atom. The van der Waals surface area contributed by atoms with Crippen molar-refractivity contribution >= 4 is 35.0 Å². The molecule has 1 atom stereocenters. The Bertz CT molecular complexity index is 1250. The van der Waals surface area contributed by atoms with E-state index in [2.05, 4.69) is 11.9 Å². The zero-order chi connectivity index (χ0) is 23.5. The summed E-state index contributed by atoms with van der Waals surface area (Å²) in [5.74, 6) is 1.20. The van der Waals surface area contributed by atoms with Crippen LogP contribution in [-0.4, -0.2) is 28.9 Å². The first-order valence-corrected chi connectivity index (χ1v) is 12.2. The lowest BCUT2D eigenvalue weighted by Crippen LogP contribution is -2.60. The van der Waals surface area contributed by atoms with Crippen LogP contribution in [0.3, 0.4) is 0 Å². The molecule has 2 aromatic carbocycles. The maximum atomic E-state index is 13.3. The molecule has 0 spiro atoms. The number of unbranched alkanes of at least 4 members (excludes halogenated alkanes) is 2. The third kappa shape index (κ3) is 4.50. The topological polar surface area (TPSA) is 79.2 Å². The number of anilines is 1. The van der Waals surface area contributed by atoms with E-state index >= 15 is 0 Å². The van der Waals surface area contributed by atoms with Gasteiger partial charge in [-0.2, -0.15) is 0 Å². The van der Waals surface area contributed by atoms with Crippen molar-refractivity contribution in [3.63, 3.8) is 0 Å². The van der Waals surface area contributed by atoms with Crippen LogP contribution in [0.5, 0.6) is 5.75 Å². The van der Waals surface area contributed by atoms with Gasteiger partial charge in [-0.1, -0.05) is 55.3 Å². The minimum absolute atomic E-state index is 0.188. The Balaban J connectivity index is 1.96. The van der Waals surface area contributed by atoms with Gasteiger partial charge in [0.2, 0.25) is 11.1 Å². The van der Waals surface area contributed by atoms with Gasteiger partial charge in [0, 0.05) is 22.8 Å². The van der Waals surface area contributed by atoms with Crippen LogP contribution in [0.15, 0.2) is 52.4 Å². The molecule has 0 saturated heterocycles. The molecule has 0 aliphatic carbocycles. The maximum absolute atomic E-state index is 13.3. The molecule has 4 rings (SSSR count). The van der Waals surface area contributed by atoms with E-state index in [9.17, 15) is 9.59 Å². The first-order chi connectivity index (χ1) is 16.0. The fourth-order valence-electron chi connectivity index (χ4n) is 4.09. The number of para-hydroxylation sites is 1. The molecule has 1 amide bonds. The molecule has 172 valence electrons. The lowest BCUT2D eigenvalue weighted by Gasteiger charge is -2.31. The summed E-state index contributed by atoms with van der Waals surface area (Å²) in [5.41, 5.74) is 2.03.